The Labute approximate surface area is 180 Å². The lowest BCUT2D eigenvalue weighted by atomic mass is 10.1. The molecule has 4 aromatic rings. The van der Waals surface area contributed by atoms with Gasteiger partial charge in [0.05, 0.1) is 31.1 Å². The highest BCUT2D eigenvalue weighted by molar-refractivity contribution is 7.07. The Kier molecular flexibility index (Phi) is 5.77. The van der Waals surface area contributed by atoms with Gasteiger partial charge >= 0.3 is 5.56 Å². The molecule has 0 aliphatic carbocycles. The number of methoxy groups -OCH3 is 1. The molecule has 2 heterocycles. The summed E-state index contributed by atoms with van der Waals surface area (Å²) in [5, 5.41) is 5.13. The molecule has 4 rings (SSSR count). The molecule has 0 saturated carbocycles. The molecule has 9 heteroatoms. The lowest BCUT2D eigenvalue weighted by molar-refractivity contribution is 0.402. The van der Waals surface area contributed by atoms with Crippen molar-refractivity contribution < 1.29 is 13.5 Å². The van der Waals surface area contributed by atoms with Gasteiger partial charge in [-0.05, 0) is 36.2 Å². The minimum atomic E-state index is -0.945. The van der Waals surface area contributed by atoms with Gasteiger partial charge in [-0.1, -0.05) is 18.2 Å². The maximum Gasteiger partial charge on any atom is 0.316 e. The third kappa shape index (κ3) is 4.46. The van der Waals surface area contributed by atoms with Gasteiger partial charge in [0.2, 0.25) is 11.7 Å². The van der Waals surface area contributed by atoms with Crippen LogP contribution in [0.3, 0.4) is 0 Å². The summed E-state index contributed by atoms with van der Waals surface area (Å²) < 4.78 is 33.7. The van der Waals surface area contributed by atoms with Crippen molar-refractivity contribution in [2.75, 3.05) is 12.4 Å². The van der Waals surface area contributed by atoms with Gasteiger partial charge in [0, 0.05) is 16.6 Å². The van der Waals surface area contributed by atoms with Crippen molar-refractivity contribution in [1.29, 1.82) is 0 Å². The van der Waals surface area contributed by atoms with Gasteiger partial charge in [0.25, 0.3) is 0 Å². The van der Waals surface area contributed by atoms with E-state index in [4.69, 9.17) is 4.74 Å². The van der Waals surface area contributed by atoms with Crippen LogP contribution in [0.1, 0.15) is 11.1 Å². The highest BCUT2D eigenvalue weighted by atomic mass is 32.1. The number of anilines is 2. The van der Waals surface area contributed by atoms with Crippen LogP contribution < -0.4 is 15.6 Å². The molecule has 6 nitrogen and oxygen atoms in total. The average Bonchev–Trinajstić information content (AvgIpc) is 3.29. The molecule has 0 amide bonds. The predicted octanol–water partition coefficient (Wildman–Crippen LogP) is 4.75. The van der Waals surface area contributed by atoms with E-state index in [1.807, 2.05) is 30.5 Å². The number of rotatable bonds is 6. The minimum absolute atomic E-state index is 0.0427. The van der Waals surface area contributed by atoms with Crippen LogP contribution in [0.15, 0.2) is 58.3 Å². The molecule has 0 saturated heterocycles. The highest BCUT2D eigenvalue weighted by Gasteiger charge is 2.13. The monoisotopic (exact) mass is 440 g/mol. The standard InChI is InChI=1S/C22H18F2N4O2S/c1-13-3-5-15(19-11-31-12-25-19)8-18(13)26-22-27-21(29)20(30-2)10-28(22)9-14-4-6-16(23)17(24)7-14/h3-8,10-12H,9H2,1-2H3,(H,26,27,29). The second-order valence-corrected chi connectivity index (χ2v) is 7.56. The largest absolute Gasteiger partial charge is 0.490 e. The number of hydrogen-bond donors (Lipinski definition) is 1. The van der Waals surface area contributed by atoms with E-state index in [1.54, 1.807) is 10.1 Å². The fourth-order valence-corrected chi connectivity index (χ4v) is 3.62. The predicted molar refractivity (Wildman–Crippen MR) is 116 cm³/mol. The van der Waals surface area contributed by atoms with Crippen LogP contribution in [0.5, 0.6) is 5.75 Å². The zero-order valence-electron chi connectivity index (χ0n) is 16.7. The molecule has 2 aromatic heterocycles. The average molecular weight is 440 g/mol. The molecule has 0 fully saturated rings. The van der Waals surface area contributed by atoms with Gasteiger partial charge in [-0.3, -0.25) is 4.79 Å². The van der Waals surface area contributed by atoms with Crippen molar-refractivity contribution in [3.8, 4) is 17.0 Å². The molecule has 1 N–H and O–H groups in total. The smallest absolute Gasteiger partial charge is 0.316 e. The molecule has 0 aliphatic heterocycles. The van der Waals surface area contributed by atoms with Crippen LogP contribution in [0.25, 0.3) is 11.3 Å². The van der Waals surface area contributed by atoms with Crippen LogP contribution in [0.4, 0.5) is 20.4 Å². The molecule has 0 aliphatic rings. The number of thiazole rings is 1. The first-order valence-corrected chi connectivity index (χ1v) is 10.2. The Morgan fingerprint density at radius 3 is 2.71 bits per heavy atom. The minimum Gasteiger partial charge on any atom is -0.490 e. The Hall–Kier alpha value is -3.59. The zero-order chi connectivity index (χ0) is 22.0. The van der Waals surface area contributed by atoms with Crippen molar-refractivity contribution in [2.45, 2.75) is 13.5 Å². The Balaban J connectivity index is 1.74. The summed E-state index contributed by atoms with van der Waals surface area (Å²) in [4.78, 5) is 20.7. The molecular formula is C22H18F2N4O2S. The summed E-state index contributed by atoms with van der Waals surface area (Å²) >= 11 is 1.50. The Morgan fingerprint density at radius 2 is 2.00 bits per heavy atom. The molecule has 0 spiro atoms. The quantitative estimate of drug-likeness (QED) is 0.468. The summed E-state index contributed by atoms with van der Waals surface area (Å²) in [6.45, 7) is 2.07. The number of nitrogens with zero attached hydrogens (tertiary/aromatic N) is 3. The molecular weight excluding hydrogens is 422 g/mol. The van der Waals surface area contributed by atoms with Gasteiger partial charge < -0.3 is 14.6 Å². The molecule has 31 heavy (non-hydrogen) atoms. The molecule has 158 valence electrons. The third-order valence-corrected chi connectivity index (χ3v) is 5.32. The van der Waals surface area contributed by atoms with Crippen molar-refractivity contribution in [3.63, 3.8) is 0 Å². The second kappa shape index (κ2) is 8.65. The van der Waals surface area contributed by atoms with Crippen molar-refractivity contribution >= 4 is 23.0 Å². The number of aromatic nitrogens is 3. The fourth-order valence-electron chi connectivity index (χ4n) is 3.06. The Bertz CT molecular complexity index is 1290. The molecule has 0 atom stereocenters. The van der Waals surface area contributed by atoms with Crippen LogP contribution in [-0.2, 0) is 6.54 Å². The lowest BCUT2D eigenvalue weighted by Crippen LogP contribution is -2.19. The van der Waals surface area contributed by atoms with Gasteiger partial charge in [-0.2, -0.15) is 4.98 Å². The molecule has 0 bridgehead atoms. The number of aryl methyl sites for hydroxylation is 1. The zero-order valence-corrected chi connectivity index (χ0v) is 17.5. The van der Waals surface area contributed by atoms with Crippen molar-refractivity contribution in [2.24, 2.45) is 0 Å². The van der Waals surface area contributed by atoms with E-state index in [0.717, 1.165) is 34.6 Å². The van der Waals surface area contributed by atoms with E-state index >= 15 is 0 Å². The van der Waals surface area contributed by atoms with E-state index in [9.17, 15) is 13.6 Å². The summed E-state index contributed by atoms with van der Waals surface area (Å²) in [5.41, 5.74) is 5.15. The van der Waals surface area contributed by atoms with E-state index in [1.165, 1.54) is 30.7 Å². The number of nitrogens with one attached hydrogen (secondary N) is 1. The van der Waals surface area contributed by atoms with E-state index in [2.05, 4.69) is 15.3 Å². The maximum atomic E-state index is 13.7. The van der Waals surface area contributed by atoms with Gasteiger partial charge in [0.15, 0.2) is 11.6 Å². The van der Waals surface area contributed by atoms with E-state index in [-0.39, 0.29) is 18.2 Å². The first-order chi connectivity index (χ1) is 14.9. The number of hydrogen-bond acceptors (Lipinski definition) is 6. The first-order valence-electron chi connectivity index (χ1n) is 9.30. The van der Waals surface area contributed by atoms with Crippen LogP contribution in [0.2, 0.25) is 0 Å². The topological polar surface area (TPSA) is 69.0 Å². The van der Waals surface area contributed by atoms with E-state index in [0.29, 0.717) is 5.56 Å². The fraction of sp³-hybridized carbons (Fsp3) is 0.136. The van der Waals surface area contributed by atoms with Gasteiger partial charge in [-0.15, -0.1) is 11.3 Å². The molecule has 0 radical (unpaired) electrons. The third-order valence-electron chi connectivity index (χ3n) is 4.73. The summed E-state index contributed by atoms with van der Waals surface area (Å²) in [6, 6.07) is 9.47. The summed E-state index contributed by atoms with van der Waals surface area (Å²) in [5.74, 6) is -1.58. The summed E-state index contributed by atoms with van der Waals surface area (Å²) in [6.07, 6.45) is 1.48. The van der Waals surface area contributed by atoms with Crippen LogP contribution in [-0.4, -0.2) is 21.6 Å². The number of halogens is 2. The van der Waals surface area contributed by atoms with Crippen LogP contribution in [0, 0.1) is 18.6 Å². The van der Waals surface area contributed by atoms with Gasteiger partial charge in [0.1, 0.15) is 0 Å². The second-order valence-electron chi connectivity index (χ2n) is 6.84. The van der Waals surface area contributed by atoms with Crippen molar-refractivity contribution in [3.05, 3.63) is 86.6 Å². The lowest BCUT2D eigenvalue weighted by Gasteiger charge is -2.17. The summed E-state index contributed by atoms with van der Waals surface area (Å²) in [7, 11) is 1.37. The first kappa shape index (κ1) is 20.7. The van der Waals surface area contributed by atoms with Gasteiger partial charge in [-0.25, -0.2) is 13.8 Å². The van der Waals surface area contributed by atoms with Crippen molar-refractivity contribution in [1.82, 2.24) is 14.5 Å². The normalized spacial score (nSPS) is 10.8. The SMILES string of the molecule is COc1cn(Cc2ccc(F)c(F)c2)c(Nc2cc(-c3cscn3)ccc2C)nc1=O. The highest BCUT2D eigenvalue weighted by Crippen LogP contribution is 2.27. The molecule has 2 aromatic carbocycles. The van der Waals surface area contributed by atoms with Crippen LogP contribution >= 0.6 is 11.3 Å². The number of benzene rings is 2. The maximum absolute atomic E-state index is 13.7. The molecule has 0 unspecified atom stereocenters. The Morgan fingerprint density at radius 1 is 1.16 bits per heavy atom. The van der Waals surface area contributed by atoms with E-state index < -0.39 is 17.2 Å². The number of ether oxygens (including phenoxy) is 1.